The van der Waals surface area contributed by atoms with Crippen LogP contribution in [-0.4, -0.2) is 91.5 Å². The molecule has 228 valence electrons. The summed E-state index contributed by atoms with van der Waals surface area (Å²) in [6.45, 7) is 10.0. The summed E-state index contributed by atoms with van der Waals surface area (Å²) in [6.07, 6.45) is -0.108. The molecule has 0 bridgehead atoms. The summed E-state index contributed by atoms with van der Waals surface area (Å²) in [4.78, 5) is 34.2. The number of aliphatic imine (C=N–C) groups is 1. The van der Waals surface area contributed by atoms with E-state index in [2.05, 4.69) is 10.2 Å². The molecule has 1 amide bonds. The molecule has 0 unspecified atom stereocenters. The molecule has 0 aromatic heterocycles. The maximum Gasteiger partial charge on any atom is 0.306 e. The van der Waals surface area contributed by atoms with Crippen molar-refractivity contribution in [3.8, 4) is 5.75 Å². The fourth-order valence-corrected chi connectivity index (χ4v) is 4.99. The van der Waals surface area contributed by atoms with Crippen LogP contribution >= 0.6 is 0 Å². The summed E-state index contributed by atoms with van der Waals surface area (Å²) in [7, 11) is 0. The third-order valence-electron chi connectivity index (χ3n) is 7.08. The summed E-state index contributed by atoms with van der Waals surface area (Å²) in [5, 5.41) is 12.1. The topological polar surface area (TPSA) is 119 Å². The van der Waals surface area contributed by atoms with Gasteiger partial charge in [0.05, 0.1) is 19.8 Å². The van der Waals surface area contributed by atoms with Crippen LogP contribution in [0.4, 0.5) is 0 Å². The van der Waals surface area contributed by atoms with Crippen LogP contribution in [-0.2, 0) is 23.8 Å². The van der Waals surface area contributed by atoms with Crippen LogP contribution in [0, 0.1) is 0 Å². The number of aliphatic hydroxyl groups excluding tert-OH is 1. The van der Waals surface area contributed by atoms with Crippen LogP contribution in [0.2, 0.25) is 0 Å². The van der Waals surface area contributed by atoms with E-state index in [9.17, 15) is 9.59 Å². The summed E-state index contributed by atoms with van der Waals surface area (Å²) < 4.78 is 23.2. The molecule has 1 saturated heterocycles. The number of esters is 1. The molecule has 2 aliphatic heterocycles. The fraction of sp³-hybridized carbons (Fsp3) is 0.531. The van der Waals surface area contributed by atoms with Crippen molar-refractivity contribution in [3.63, 3.8) is 0 Å². The molecule has 0 spiro atoms. The third-order valence-corrected chi connectivity index (χ3v) is 7.08. The number of rotatable bonds is 13. The lowest BCUT2D eigenvalue weighted by atomic mass is 9.83. The highest BCUT2D eigenvalue weighted by atomic mass is 16.6. The van der Waals surface area contributed by atoms with E-state index < -0.39 is 23.2 Å². The molecular weight excluding hydrogens is 538 g/mol. The Bertz CT molecular complexity index is 1190. The average Bonchev–Trinajstić information content (AvgIpc) is 3.38. The van der Waals surface area contributed by atoms with Gasteiger partial charge in [-0.3, -0.25) is 14.5 Å². The zero-order valence-electron chi connectivity index (χ0n) is 24.8. The summed E-state index contributed by atoms with van der Waals surface area (Å²) in [5.74, 6) is 0.274. The van der Waals surface area contributed by atoms with E-state index >= 15 is 0 Å². The SMILES string of the molecule is CC(C)(C)OC(=O)CC[C@]1(C(=O)NCCN2CCOCC2)N=C(c2ccc(OCCCO)cc2)O[C@H]1c1ccccc1. The van der Waals surface area contributed by atoms with Crippen molar-refractivity contribution in [2.24, 2.45) is 4.99 Å². The Labute approximate surface area is 248 Å². The summed E-state index contributed by atoms with van der Waals surface area (Å²) >= 11 is 0. The van der Waals surface area contributed by atoms with Gasteiger partial charge in [0, 0.05) is 51.2 Å². The lowest BCUT2D eigenvalue weighted by Gasteiger charge is -2.32. The van der Waals surface area contributed by atoms with Gasteiger partial charge in [0.1, 0.15) is 11.4 Å². The summed E-state index contributed by atoms with van der Waals surface area (Å²) in [5.41, 5.74) is -0.571. The molecule has 0 radical (unpaired) electrons. The largest absolute Gasteiger partial charge is 0.494 e. The first kappa shape index (κ1) is 31.5. The van der Waals surface area contributed by atoms with Gasteiger partial charge in [-0.25, -0.2) is 4.99 Å². The van der Waals surface area contributed by atoms with Gasteiger partial charge >= 0.3 is 5.97 Å². The average molecular weight is 582 g/mol. The van der Waals surface area contributed by atoms with Crippen molar-refractivity contribution in [3.05, 3.63) is 65.7 Å². The van der Waals surface area contributed by atoms with Crippen molar-refractivity contribution >= 4 is 17.8 Å². The van der Waals surface area contributed by atoms with Crippen LogP contribution in [0.3, 0.4) is 0 Å². The first-order chi connectivity index (χ1) is 20.2. The van der Waals surface area contributed by atoms with Crippen LogP contribution in [0.5, 0.6) is 5.75 Å². The van der Waals surface area contributed by atoms with Crippen molar-refractivity contribution in [2.45, 2.75) is 57.3 Å². The molecule has 42 heavy (non-hydrogen) atoms. The first-order valence-electron chi connectivity index (χ1n) is 14.7. The van der Waals surface area contributed by atoms with Gasteiger partial charge in [0.15, 0.2) is 11.6 Å². The number of hydrogen-bond donors (Lipinski definition) is 2. The van der Waals surface area contributed by atoms with Crippen molar-refractivity contribution in [1.82, 2.24) is 10.2 Å². The van der Waals surface area contributed by atoms with Gasteiger partial charge in [-0.05, 0) is 57.0 Å². The Morgan fingerprint density at radius 2 is 1.81 bits per heavy atom. The van der Waals surface area contributed by atoms with Crippen LogP contribution in [0.25, 0.3) is 0 Å². The normalized spacial score (nSPS) is 20.9. The first-order valence-corrected chi connectivity index (χ1v) is 14.7. The molecule has 2 aromatic rings. The number of amides is 1. The molecule has 2 aliphatic rings. The van der Waals surface area contributed by atoms with Crippen molar-refractivity contribution in [1.29, 1.82) is 0 Å². The molecule has 1 fully saturated rings. The van der Waals surface area contributed by atoms with Crippen molar-refractivity contribution in [2.75, 3.05) is 52.6 Å². The monoisotopic (exact) mass is 581 g/mol. The number of carbonyl (C=O) groups excluding carboxylic acids is 2. The van der Waals surface area contributed by atoms with Crippen LogP contribution < -0.4 is 10.1 Å². The van der Waals surface area contributed by atoms with Gasteiger partial charge in [0.25, 0.3) is 5.91 Å². The Morgan fingerprint density at radius 3 is 2.48 bits per heavy atom. The predicted octanol–water partition coefficient (Wildman–Crippen LogP) is 3.28. The van der Waals surface area contributed by atoms with E-state index in [-0.39, 0.29) is 25.4 Å². The number of morpholine rings is 1. The predicted molar refractivity (Wildman–Crippen MR) is 159 cm³/mol. The van der Waals surface area contributed by atoms with Gasteiger partial charge in [0.2, 0.25) is 5.90 Å². The number of nitrogens with zero attached hydrogens (tertiary/aromatic N) is 2. The Morgan fingerprint density at radius 1 is 1.10 bits per heavy atom. The highest BCUT2D eigenvalue weighted by molar-refractivity contribution is 6.01. The Balaban J connectivity index is 1.63. The second-order valence-corrected chi connectivity index (χ2v) is 11.5. The van der Waals surface area contributed by atoms with E-state index in [1.54, 1.807) is 12.1 Å². The maximum atomic E-state index is 14.1. The van der Waals surface area contributed by atoms with Crippen LogP contribution in [0.1, 0.15) is 57.3 Å². The molecule has 10 heteroatoms. The minimum atomic E-state index is -1.39. The fourth-order valence-electron chi connectivity index (χ4n) is 4.99. The molecule has 2 heterocycles. The highest BCUT2D eigenvalue weighted by Crippen LogP contribution is 2.43. The standard InChI is InChI=1S/C32H43N3O7/c1-31(2,3)42-27(37)14-15-32(30(38)33-16-17-35-18-22-39-23-19-35)28(24-8-5-4-6-9-24)41-29(34-32)25-10-12-26(13-11-25)40-21-7-20-36/h4-6,8-13,28,36H,7,14-23H2,1-3H3,(H,33,38)/t28-,32-/m0/s1. The van der Waals surface area contributed by atoms with Gasteiger partial charge in [-0.15, -0.1) is 0 Å². The number of ether oxygens (including phenoxy) is 4. The smallest absolute Gasteiger partial charge is 0.306 e. The Kier molecular flexibility index (Phi) is 11.0. The lowest BCUT2D eigenvalue weighted by molar-refractivity contribution is -0.155. The number of carbonyl (C=O) groups is 2. The molecular formula is C32H43N3O7. The molecule has 0 aliphatic carbocycles. The molecule has 10 nitrogen and oxygen atoms in total. The second kappa shape index (κ2) is 14.6. The number of nitrogens with one attached hydrogen (secondary N) is 1. The van der Waals surface area contributed by atoms with E-state index in [1.807, 2.05) is 63.2 Å². The number of hydrogen-bond acceptors (Lipinski definition) is 9. The molecule has 2 atom stereocenters. The van der Waals surface area contributed by atoms with E-state index in [4.69, 9.17) is 29.0 Å². The highest BCUT2D eigenvalue weighted by Gasteiger charge is 2.53. The Hall–Kier alpha value is -3.47. The summed E-state index contributed by atoms with van der Waals surface area (Å²) in [6, 6.07) is 16.8. The lowest BCUT2D eigenvalue weighted by Crippen LogP contribution is -2.50. The zero-order valence-corrected chi connectivity index (χ0v) is 24.8. The second-order valence-electron chi connectivity index (χ2n) is 11.5. The van der Waals surface area contributed by atoms with Gasteiger partial charge < -0.3 is 29.4 Å². The molecule has 0 saturated carbocycles. The molecule has 2 aromatic carbocycles. The van der Waals surface area contributed by atoms with E-state index in [0.29, 0.717) is 56.5 Å². The quantitative estimate of drug-likeness (QED) is 0.273. The minimum Gasteiger partial charge on any atom is -0.494 e. The van der Waals surface area contributed by atoms with Crippen molar-refractivity contribution < 1.29 is 33.6 Å². The van der Waals surface area contributed by atoms with Crippen LogP contribution in [0.15, 0.2) is 59.6 Å². The maximum absolute atomic E-state index is 14.1. The van der Waals surface area contributed by atoms with Gasteiger partial charge in [-0.2, -0.15) is 0 Å². The number of benzene rings is 2. The zero-order chi connectivity index (χ0) is 30.0. The van der Waals surface area contributed by atoms with E-state index in [0.717, 1.165) is 18.7 Å². The van der Waals surface area contributed by atoms with E-state index in [1.165, 1.54) is 0 Å². The van der Waals surface area contributed by atoms with Gasteiger partial charge in [-0.1, -0.05) is 30.3 Å². The molecule has 2 N–H and O–H groups in total. The number of aliphatic hydroxyl groups is 1. The third kappa shape index (κ3) is 8.53. The molecule has 4 rings (SSSR count). The minimum absolute atomic E-state index is 0.00470.